The number of para-hydroxylation sites is 2. The quantitative estimate of drug-likeness (QED) is 0.800. The van der Waals surface area contributed by atoms with Gasteiger partial charge in [0.1, 0.15) is 0 Å². The lowest BCUT2D eigenvalue weighted by atomic mass is 10.3. The summed E-state index contributed by atoms with van der Waals surface area (Å²) in [5.74, 6) is 0. The summed E-state index contributed by atoms with van der Waals surface area (Å²) in [5.41, 5.74) is 1.84. The predicted molar refractivity (Wildman–Crippen MR) is 71.6 cm³/mol. The molecule has 0 spiro atoms. The summed E-state index contributed by atoms with van der Waals surface area (Å²) in [7, 11) is 1.47. The summed E-state index contributed by atoms with van der Waals surface area (Å²) in [6.45, 7) is 0. The van der Waals surface area contributed by atoms with Crippen LogP contribution in [0.1, 0.15) is 0 Å². The average Bonchev–Trinajstić information content (AvgIpc) is 2.80. The molecule has 0 aliphatic carbocycles. The van der Waals surface area contributed by atoms with Crippen molar-refractivity contribution in [2.45, 2.75) is 10.3 Å². The molecule has 0 radical (unpaired) electrons. The number of methoxy groups -OCH3 is 1. The highest BCUT2D eigenvalue weighted by atomic mass is 35.5. The molecule has 8 heteroatoms. The molecule has 0 aliphatic heterocycles. The smallest absolute Gasteiger partial charge is 0.321 e. The van der Waals surface area contributed by atoms with Crippen molar-refractivity contribution in [3.8, 4) is 6.01 Å². The maximum Gasteiger partial charge on any atom is 0.321 e. The Morgan fingerprint density at radius 3 is 2.79 bits per heavy atom. The lowest BCUT2D eigenvalue weighted by Gasteiger charge is -2.00. The summed E-state index contributed by atoms with van der Waals surface area (Å²) in [6, 6.07) is 7.93. The molecular formula is C11H8ClN5OS. The van der Waals surface area contributed by atoms with E-state index in [1.165, 1.54) is 18.9 Å². The Balaban J connectivity index is 1.94. The zero-order valence-electron chi connectivity index (χ0n) is 9.79. The van der Waals surface area contributed by atoms with Gasteiger partial charge in [-0.15, -0.1) is 0 Å². The topological polar surface area (TPSA) is 76.6 Å². The van der Waals surface area contributed by atoms with Gasteiger partial charge >= 0.3 is 6.01 Å². The molecule has 0 atom stereocenters. The lowest BCUT2D eigenvalue weighted by Crippen LogP contribution is -1.97. The fraction of sp³-hybridized carbons (Fsp3) is 0.0909. The number of fused-ring (bicyclic) bond motifs is 1. The molecule has 3 rings (SSSR count). The third kappa shape index (κ3) is 2.61. The van der Waals surface area contributed by atoms with Crippen LogP contribution in [0, 0.1) is 0 Å². The summed E-state index contributed by atoms with van der Waals surface area (Å²) in [6.07, 6.45) is 0. The maximum atomic E-state index is 5.79. The molecule has 6 nitrogen and oxygen atoms in total. The number of rotatable bonds is 3. The molecular weight excluding hydrogens is 286 g/mol. The number of H-pyrrole nitrogens is 1. The van der Waals surface area contributed by atoms with Gasteiger partial charge in [-0.2, -0.15) is 15.0 Å². The van der Waals surface area contributed by atoms with Crippen molar-refractivity contribution in [1.29, 1.82) is 0 Å². The van der Waals surface area contributed by atoms with Crippen LogP contribution in [0.25, 0.3) is 11.0 Å². The number of imidazole rings is 1. The number of hydrogen-bond donors (Lipinski definition) is 1. The zero-order valence-corrected chi connectivity index (χ0v) is 11.4. The molecule has 2 aromatic heterocycles. The first kappa shape index (κ1) is 12.2. The number of halogens is 1. The van der Waals surface area contributed by atoms with Crippen LogP contribution in [-0.4, -0.2) is 32.0 Å². The van der Waals surface area contributed by atoms with Gasteiger partial charge in [0.05, 0.1) is 18.1 Å². The van der Waals surface area contributed by atoms with Gasteiger partial charge in [-0.3, -0.25) is 0 Å². The van der Waals surface area contributed by atoms with Crippen molar-refractivity contribution in [2.75, 3.05) is 7.11 Å². The Bertz CT molecular complexity index is 699. The Kier molecular flexibility index (Phi) is 3.22. The molecule has 19 heavy (non-hydrogen) atoms. The van der Waals surface area contributed by atoms with Crippen LogP contribution < -0.4 is 4.74 Å². The molecule has 1 aromatic carbocycles. The van der Waals surface area contributed by atoms with Crippen molar-refractivity contribution in [3.63, 3.8) is 0 Å². The fourth-order valence-corrected chi connectivity index (χ4v) is 2.45. The van der Waals surface area contributed by atoms with Crippen LogP contribution in [0.15, 0.2) is 34.6 Å². The van der Waals surface area contributed by atoms with Crippen LogP contribution in [0.3, 0.4) is 0 Å². The van der Waals surface area contributed by atoms with E-state index in [1.807, 2.05) is 24.3 Å². The van der Waals surface area contributed by atoms with Crippen molar-refractivity contribution < 1.29 is 4.74 Å². The van der Waals surface area contributed by atoms with Gasteiger partial charge in [0.2, 0.25) is 10.4 Å². The molecule has 0 saturated heterocycles. The van der Waals surface area contributed by atoms with E-state index in [0.29, 0.717) is 10.3 Å². The second-order valence-electron chi connectivity index (χ2n) is 3.53. The second-order valence-corrected chi connectivity index (χ2v) is 4.83. The largest absolute Gasteiger partial charge is 0.467 e. The van der Waals surface area contributed by atoms with E-state index in [4.69, 9.17) is 16.3 Å². The third-order valence-electron chi connectivity index (χ3n) is 2.31. The van der Waals surface area contributed by atoms with Crippen molar-refractivity contribution >= 4 is 34.4 Å². The molecule has 2 heterocycles. The molecule has 0 aliphatic rings. The summed E-state index contributed by atoms with van der Waals surface area (Å²) in [5, 5.41) is 1.20. The molecule has 3 aromatic rings. The lowest BCUT2D eigenvalue weighted by molar-refractivity contribution is 0.373. The first-order valence-electron chi connectivity index (χ1n) is 5.33. The van der Waals surface area contributed by atoms with Gasteiger partial charge in [0.25, 0.3) is 0 Å². The van der Waals surface area contributed by atoms with Gasteiger partial charge < -0.3 is 9.72 Å². The predicted octanol–water partition coefficient (Wildman–Crippen LogP) is 2.56. The molecule has 0 amide bonds. The SMILES string of the molecule is COc1nc(Cl)nc(Sc2nc3ccccc3[nH]2)n1. The van der Waals surface area contributed by atoms with Gasteiger partial charge in [0.15, 0.2) is 5.16 Å². The average molecular weight is 294 g/mol. The molecule has 96 valence electrons. The number of nitrogens with zero attached hydrogens (tertiary/aromatic N) is 4. The van der Waals surface area contributed by atoms with Gasteiger partial charge in [-0.25, -0.2) is 4.98 Å². The molecule has 1 N–H and O–H groups in total. The number of aromatic nitrogens is 5. The minimum atomic E-state index is 0.0884. The molecule has 0 saturated carbocycles. The van der Waals surface area contributed by atoms with E-state index in [0.717, 1.165) is 11.0 Å². The Hall–Kier alpha value is -1.86. The highest BCUT2D eigenvalue weighted by Crippen LogP contribution is 2.25. The highest BCUT2D eigenvalue weighted by molar-refractivity contribution is 7.99. The second kappa shape index (κ2) is 5.02. The van der Waals surface area contributed by atoms with Crippen LogP contribution >= 0.6 is 23.4 Å². The van der Waals surface area contributed by atoms with E-state index < -0.39 is 0 Å². The van der Waals surface area contributed by atoms with Crippen molar-refractivity contribution in [1.82, 2.24) is 24.9 Å². The van der Waals surface area contributed by atoms with E-state index in [1.54, 1.807) is 0 Å². The van der Waals surface area contributed by atoms with Crippen LogP contribution in [0.2, 0.25) is 5.28 Å². The van der Waals surface area contributed by atoms with E-state index in [2.05, 4.69) is 24.9 Å². The summed E-state index contributed by atoms with van der Waals surface area (Å²) < 4.78 is 4.94. The Morgan fingerprint density at radius 2 is 2.00 bits per heavy atom. The number of ether oxygens (including phenoxy) is 1. The number of nitrogens with one attached hydrogen (secondary N) is 1. The minimum absolute atomic E-state index is 0.0884. The van der Waals surface area contributed by atoms with Crippen LogP contribution in [0.5, 0.6) is 6.01 Å². The zero-order chi connectivity index (χ0) is 13.2. The van der Waals surface area contributed by atoms with Crippen LogP contribution in [0.4, 0.5) is 0 Å². The standard InChI is InChI=1S/C11H8ClN5OS/c1-18-9-15-8(12)16-11(17-9)19-10-13-6-4-2-3-5-7(6)14-10/h2-5H,1H3,(H,13,14). The summed E-state index contributed by atoms with van der Waals surface area (Å²) in [4.78, 5) is 19.5. The minimum Gasteiger partial charge on any atom is -0.467 e. The molecule has 0 unspecified atom stereocenters. The highest BCUT2D eigenvalue weighted by Gasteiger charge is 2.10. The number of aromatic amines is 1. The normalized spacial score (nSPS) is 10.8. The molecule has 0 bridgehead atoms. The monoisotopic (exact) mass is 293 g/mol. The summed E-state index contributed by atoms with van der Waals surface area (Å²) >= 11 is 7.05. The number of hydrogen-bond acceptors (Lipinski definition) is 6. The van der Waals surface area contributed by atoms with E-state index >= 15 is 0 Å². The van der Waals surface area contributed by atoms with E-state index in [9.17, 15) is 0 Å². The van der Waals surface area contributed by atoms with Crippen LogP contribution in [-0.2, 0) is 0 Å². The van der Waals surface area contributed by atoms with Gasteiger partial charge in [-0.1, -0.05) is 12.1 Å². The Labute approximate surface area is 117 Å². The first-order chi connectivity index (χ1) is 9.24. The van der Waals surface area contributed by atoms with Gasteiger partial charge in [-0.05, 0) is 35.5 Å². The Morgan fingerprint density at radius 1 is 1.16 bits per heavy atom. The number of benzene rings is 1. The van der Waals surface area contributed by atoms with Gasteiger partial charge in [0, 0.05) is 0 Å². The molecule has 0 fully saturated rings. The maximum absolute atomic E-state index is 5.79. The van der Waals surface area contributed by atoms with Crippen molar-refractivity contribution in [3.05, 3.63) is 29.5 Å². The first-order valence-corrected chi connectivity index (χ1v) is 6.52. The van der Waals surface area contributed by atoms with Crippen molar-refractivity contribution in [2.24, 2.45) is 0 Å². The fourth-order valence-electron chi connectivity index (χ4n) is 1.52. The van der Waals surface area contributed by atoms with E-state index in [-0.39, 0.29) is 11.3 Å². The third-order valence-corrected chi connectivity index (χ3v) is 3.23.